The van der Waals surface area contributed by atoms with Crippen LogP contribution in [-0.4, -0.2) is 69.9 Å². The monoisotopic (exact) mass is 547 g/mol. The van der Waals surface area contributed by atoms with Gasteiger partial charge in [-0.25, -0.2) is 24.7 Å². The van der Waals surface area contributed by atoms with Crippen LogP contribution in [0.2, 0.25) is 0 Å². The van der Waals surface area contributed by atoms with E-state index < -0.39 is 5.97 Å². The van der Waals surface area contributed by atoms with Crippen molar-refractivity contribution in [1.82, 2.24) is 24.8 Å². The Kier molecular flexibility index (Phi) is 7.77. The van der Waals surface area contributed by atoms with E-state index in [0.29, 0.717) is 42.5 Å². The van der Waals surface area contributed by atoms with Gasteiger partial charge < -0.3 is 20.1 Å². The Labute approximate surface area is 229 Å². The third-order valence-corrected chi connectivity index (χ3v) is 7.67. The van der Waals surface area contributed by atoms with Crippen molar-refractivity contribution >= 4 is 44.9 Å². The number of morpholine rings is 1. The fourth-order valence-electron chi connectivity index (χ4n) is 4.65. The molecule has 4 aromatic rings. The largest absolute Gasteiger partial charge is 0.462 e. The smallest absolute Gasteiger partial charge is 0.341 e. The van der Waals surface area contributed by atoms with E-state index in [-0.39, 0.29) is 24.7 Å². The minimum Gasteiger partial charge on any atom is -0.462 e. The zero-order valence-electron chi connectivity index (χ0n) is 21.9. The van der Waals surface area contributed by atoms with Crippen LogP contribution in [0.25, 0.3) is 10.2 Å². The fourth-order valence-corrected chi connectivity index (χ4v) is 5.82. The number of ether oxygens (including phenoxy) is 2. The number of thiophene rings is 1. The number of rotatable bonds is 8. The van der Waals surface area contributed by atoms with Crippen LogP contribution in [-0.2, 0) is 9.47 Å². The van der Waals surface area contributed by atoms with Gasteiger partial charge >= 0.3 is 5.97 Å². The van der Waals surface area contributed by atoms with Gasteiger partial charge in [0.2, 0.25) is 5.95 Å². The first-order chi connectivity index (χ1) is 18.9. The maximum absolute atomic E-state index is 12.1. The van der Waals surface area contributed by atoms with Crippen LogP contribution in [0.15, 0.2) is 49.2 Å². The molecule has 2 N–H and O–H groups in total. The molecule has 1 aromatic carbocycles. The van der Waals surface area contributed by atoms with E-state index in [1.54, 1.807) is 30.5 Å². The summed E-state index contributed by atoms with van der Waals surface area (Å²) in [6.45, 7) is 5.23. The predicted octanol–water partition coefficient (Wildman–Crippen LogP) is 3.65. The molecule has 11 nitrogen and oxygen atoms in total. The molecular formula is C27H29N7O4S. The number of carbonyl (C=O) groups excluding carboxylic acids is 2. The fraction of sp³-hybridized carbons (Fsp3) is 0.333. The highest BCUT2D eigenvalue weighted by Gasteiger charge is 2.33. The van der Waals surface area contributed by atoms with E-state index in [2.05, 4.69) is 30.9 Å². The Morgan fingerprint density at radius 1 is 1.23 bits per heavy atom. The van der Waals surface area contributed by atoms with Crippen LogP contribution in [0.5, 0.6) is 0 Å². The van der Waals surface area contributed by atoms with Crippen LogP contribution in [0.1, 0.15) is 57.3 Å². The van der Waals surface area contributed by atoms with Crippen LogP contribution < -0.4 is 10.6 Å². The highest BCUT2D eigenvalue weighted by Crippen LogP contribution is 2.37. The molecule has 2 unspecified atom stereocenters. The SMILES string of the molecule is CCOC(=O)c1cnc(N(C)C(c2cc3ncncc3s2)N2CCOC(c3ccc(N)c(C(C)=O)c3)C2)nc1. The molecule has 0 bridgehead atoms. The van der Waals surface area contributed by atoms with E-state index >= 15 is 0 Å². The lowest BCUT2D eigenvalue weighted by molar-refractivity contribution is -0.0451. The topological polar surface area (TPSA) is 137 Å². The number of Topliss-reactive ketones (excluding diaryl/α,β-unsaturated/α-hetero) is 1. The van der Waals surface area contributed by atoms with Gasteiger partial charge in [-0.15, -0.1) is 11.3 Å². The number of nitrogens with two attached hydrogens (primary N) is 1. The number of benzene rings is 1. The van der Waals surface area contributed by atoms with Gasteiger partial charge in [0.15, 0.2) is 5.78 Å². The Morgan fingerprint density at radius 2 is 2.03 bits per heavy atom. The number of hydrogen-bond acceptors (Lipinski definition) is 12. The molecule has 2 atom stereocenters. The highest BCUT2D eigenvalue weighted by atomic mass is 32.1. The molecule has 4 heterocycles. The zero-order chi connectivity index (χ0) is 27.5. The Morgan fingerprint density at radius 3 is 2.74 bits per heavy atom. The summed E-state index contributed by atoms with van der Waals surface area (Å²) in [6, 6.07) is 7.52. The van der Waals surface area contributed by atoms with Crippen LogP contribution >= 0.6 is 11.3 Å². The average molecular weight is 548 g/mol. The molecule has 39 heavy (non-hydrogen) atoms. The number of aromatic nitrogens is 4. The Bertz CT molecular complexity index is 1460. The lowest BCUT2D eigenvalue weighted by atomic mass is 10.0. The molecule has 1 aliphatic rings. The van der Waals surface area contributed by atoms with Gasteiger partial charge in [0.1, 0.15) is 12.5 Å². The molecule has 0 aliphatic carbocycles. The van der Waals surface area contributed by atoms with Gasteiger partial charge in [0, 0.05) is 54.9 Å². The Hall–Kier alpha value is -4.00. The van der Waals surface area contributed by atoms with E-state index in [1.165, 1.54) is 25.6 Å². The summed E-state index contributed by atoms with van der Waals surface area (Å²) >= 11 is 1.60. The Balaban J connectivity index is 1.48. The molecule has 1 saturated heterocycles. The van der Waals surface area contributed by atoms with Crippen LogP contribution in [0.3, 0.4) is 0 Å². The summed E-state index contributed by atoms with van der Waals surface area (Å²) < 4.78 is 12.2. The van der Waals surface area contributed by atoms with Crippen molar-refractivity contribution in [3.63, 3.8) is 0 Å². The molecule has 1 aliphatic heterocycles. The normalized spacial score (nSPS) is 16.6. The first-order valence-electron chi connectivity index (χ1n) is 12.5. The van der Waals surface area contributed by atoms with Crippen molar-refractivity contribution in [2.75, 3.05) is 44.0 Å². The van der Waals surface area contributed by atoms with Crippen molar-refractivity contribution in [2.45, 2.75) is 26.1 Å². The lowest BCUT2D eigenvalue weighted by Gasteiger charge is -2.41. The first kappa shape index (κ1) is 26.6. The van der Waals surface area contributed by atoms with E-state index in [0.717, 1.165) is 20.7 Å². The van der Waals surface area contributed by atoms with Crippen molar-refractivity contribution in [2.24, 2.45) is 0 Å². The van der Waals surface area contributed by atoms with E-state index in [1.807, 2.05) is 24.1 Å². The number of nitrogen functional groups attached to an aromatic ring is 1. The number of anilines is 2. The molecule has 0 radical (unpaired) electrons. The van der Waals surface area contributed by atoms with Gasteiger partial charge in [-0.1, -0.05) is 6.07 Å². The average Bonchev–Trinajstić information content (AvgIpc) is 3.37. The number of esters is 1. The molecule has 0 spiro atoms. The molecule has 3 aromatic heterocycles. The van der Waals surface area contributed by atoms with Gasteiger partial charge in [-0.05, 0) is 37.6 Å². The van der Waals surface area contributed by atoms with Crippen molar-refractivity contribution in [3.8, 4) is 0 Å². The molecular weight excluding hydrogens is 518 g/mol. The van der Waals surface area contributed by atoms with E-state index in [9.17, 15) is 9.59 Å². The van der Waals surface area contributed by atoms with Crippen LogP contribution in [0.4, 0.5) is 11.6 Å². The van der Waals surface area contributed by atoms with Gasteiger partial charge in [-0.2, -0.15) is 0 Å². The van der Waals surface area contributed by atoms with Crippen molar-refractivity contribution in [3.05, 3.63) is 70.8 Å². The minimum absolute atomic E-state index is 0.0885. The third kappa shape index (κ3) is 5.58. The lowest BCUT2D eigenvalue weighted by Crippen LogP contribution is -2.46. The second kappa shape index (κ2) is 11.4. The summed E-state index contributed by atoms with van der Waals surface area (Å²) in [4.78, 5) is 47.0. The number of fused-ring (bicyclic) bond motifs is 1. The number of hydrogen-bond donors (Lipinski definition) is 1. The van der Waals surface area contributed by atoms with Crippen molar-refractivity contribution in [1.29, 1.82) is 0 Å². The molecule has 0 amide bonds. The highest BCUT2D eigenvalue weighted by molar-refractivity contribution is 7.19. The predicted molar refractivity (Wildman–Crippen MR) is 148 cm³/mol. The maximum atomic E-state index is 12.1. The number of nitrogens with zero attached hydrogens (tertiary/aromatic N) is 6. The molecule has 5 rings (SSSR count). The van der Waals surface area contributed by atoms with Gasteiger partial charge in [0.25, 0.3) is 0 Å². The summed E-state index contributed by atoms with van der Waals surface area (Å²) in [5.41, 5.74) is 9.00. The quantitative estimate of drug-likeness (QED) is 0.197. The standard InChI is InChI=1S/C27H29N7O4S/c1-4-37-26(36)18-11-30-27(31-12-18)33(3)25(23-10-21-24(39-23)13-29-15-32-21)34-7-8-38-22(14-34)17-5-6-20(28)19(9-17)16(2)35/h5-6,9-13,15,22,25H,4,7-8,14,28H2,1-3H3. The second-order valence-electron chi connectivity index (χ2n) is 9.16. The summed E-state index contributed by atoms with van der Waals surface area (Å²) in [5.74, 6) is -0.101. The summed E-state index contributed by atoms with van der Waals surface area (Å²) in [6.07, 6.45) is 5.76. The minimum atomic E-state index is -0.462. The molecule has 202 valence electrons. The third-order valence-electron chi connectivity index (χ3n) is 6.57. The summed E-state index contributed by atoms with van der Waals surface area (Å²) in [5, 5.41) is 0. The second-order valence-corrected chi connectivity index (χ2v) is 10.3. The first-order valence-corrected chi connectivity index (χ1v) is 13.3. The maximum Gasteiger partial charge on any atom is 0.341 e. The van der Waals surface area contributed by atoms with Crippen LogP contribution in [0, 0.1) is 0 Å². The molecule has 12 heteroatoms. The number of carbonyl (C=O) groups is 2. The van der Waals surface area contributed by atoms with Crippen molar-refractivity contribution < 1.29 is 19.1 Å². The number of ketones is 1. The summed E-state index contributed by atoms with van der Waals surface area (Å²) in [7, 11) is 1.92. The molecule has 0 saturated carbocycles. The van der Waals surface area contributed by atoms with E-state index in [4.69, 9.17) is 15.2 Å². The van der Waals surface area contributed by atoms with Gasteiger partial charge in [0.05, 0.1) is 35.1 Å². The van der Waals surface area contributed by atoms with Gasteiger partial charge in [-0.3, -0.25) is 9.69 Å². The zero-order valence-corrected chi connectivity index (χ0v) is 22.7. The molecule has 1 fully saturated rings.